The van der Waals surface area contributed by atoms with Gasteiger partial charge in [0.15, 0.2) is 0 Å². The SMILES string of the molecule is CCN(C1(CN)CCCCC1)S(=O)(=O)NC. The van der Waals surface area contributed by atoms with E-state index in [4.69, 9.17) is 5.73 Å². The predicted molar refractivity (Wildman–Crippen MR) is 65.2 cm³/mol. The van der Waals surface area contributed by atoms with E-state index in [1.165, 1.54) is 13.5 Å². The molecule has 1 saturated carbocycles. The van der Waals surface area contributed by atoms with Crippen LogP contribution in [-0.4, -0.2) is 38.4 Å². The van der Waals surface area contributed by atoms with Crippen LogP contribution in [0, 0.1) is 0 Å². The molecule has 0 bridgehead atoms. The molecule has 0 aromatic rings. The Morgan fingerprint density at radius 2 is 1.88 bits per heavy atom. The minimum atomic E-state index is -3.38. The van der Waals surface area contributed by atoms with E-state index in [1.54, 1.807) is 4.31 Å². The lowest BCUT2D eigenvalue weighted by Crippen LogP contribution is -2.59. The van der Waals surface area contributed by atoms with E-state index < -0.39 is 10.2 Å². The molecule has 0 aliphatic heterocycles. The Kier molecular flexibility index (Phi) is 4.73. The molecule has 1 rings (SSSR count). The number of hydrogen-bond donors (Lipinski definition) is 2. The highest BCUT2D eigenvalue weighted by Gasteiger charge is 2.41. The fraction of sp³-hybridized carbons (Fsp3) is 1.00. The molecule has 0 saturated heterocycles. The average Bonchev–Trinajstić information content (AvgIpc) is 2.31. The molecule has 0 amide bonds. The molecule has 5 nitrogen and oxygen atoms in total. The van der Waals surface area contributed by atoms with E-state index in [2.05, 4.69) is 4.72 Å². The number of hydrogen-bond acceptors (Lipinski definition) is 3. The van der Waals surface area contributed by atoms with Gasteiger partial charge in [0, 0.05) is 25.7 Å². The highest BCUT2D eigenvalue weighted by atomic mass is 32.2. The zero-order valence-electron chi connectivity index (χ0n) is 10.2. The number of nitrogens with two attached hydrogens (primary N) is 1. The molecule has 0 radical (unpaired) electrons. The summed E-state index contributed by atoms with van der Waals surface area (Å²) in [6.07, 6.45) is 5.05. The molecule has 1 aliphatic rings. The molecule has 1 fully saturated rings. The molecule has 3 N–H and O–H groups in total. The second kappa shape index (κ2) is 5.44. The Balaban J connectivity index is 3.00. The number of rotatable bonds is 5. The lowest BCUT2D eigenvalue weighted by atomic mass is 9.81. The van der Waals surface area contributed by atoms with Crippen molar-refractivity contribution in [2.24, 2.45) is 5.73 Å². The summed E-state index contributed by atoms with van der Waals surface area (Å²) in [7, 11) is -1.93. The normalized spacial score (nSPS) is 21.2. The monoisotopic (exact) mass is 249 g/mol. The van der Waals surface area contributed by atoms with Gasteiger partial charge in [-0.2, -0.15) is 12.7 Å². The van der Waals surface area contributed by atoms with Crippen LogP contribution in [0.15, 0.2) is 0 Å². The van der Waals surface area contributed by atoms with Gasteiger partial charge in [0.1, 0.15) is 0 Å². The molecule has 0 aromatic carbocycles. The van der Waals surface area contributed by atoms with Gasteiger partial charge in [-0.25, -0.2) is 4.72 Å². The van der Waals surface area contributed by atoms with Crippen molar-refractivity contribution < 1.29 is 8.42 Å². The highest BCUT2D eigenvalue weighted by Crippen LogP contribution is 2.34. The zero-order chi connectivity index (χ0) is 12.2. The van der Waals surface area contributed by atoms with Gasteiger partial charge in [0.25, 0.3) is 10.2 Å². The lowest BCUT2D eigenvalue weighted by Gasteiger charge is -2.44. The summed E-state index contributed by atoms with van der Waals surface area (Å²) >= 11 is 0. The molecular weight excluding hydrogens is 226 g/mol. The molecule has 0 atom stereocenters. The Morgan fingerprint density at radius 1 is 1.31 bits per heavy atom. The fourth-order valence-electron chi connectivity index (χ4n) is 2.64. The van der Waals surface area contributed by atoms with Crippen molar-refractivity contribution in [2.45, 2.75) is 44.6 Å². The molecule has 96 valence electrons. The minimum Gasteiger partial charge on any atom is -0.329 e. The van der Waals surface area contributed by atoms with E-state index in [0.29, 0.717) is 13.1 Å². The first-order chi connectivity index (χ1) is 7.52. The zero-order valence-corrected chi connectivity index (χ0v) is 11.0. The molecule has 0 heterocycles. The molecule has 0 spiro atoms. The van der Waals surface area contributed by atoms with Crippen LogP contribution in [-0.2, 0) is 10.2 Å². The third kappa shape index (κ3) is 2.56. The van der Waals surface area contributed by atoms with Crippen molar-refractivity contribution in [2.75, 3.05) is 20.1 Å². The van der Waals surface area contributed by atoms with Crippen molar-refractivity contribution in [1.82, 2.24) is 9.03 Å². The average molecular weight is 249 g/mol. The predicted octanol–water partition coefficient (Wildman–Crippen LogP) is 0.434. The molecule has 0 unspecified atom stereocenters. The Hall–Kier alpha value is -0.170. The number of nitrogens with zero attached hydrogens (tertiary/aromatic N) is 1. The quantitative estimate of drug-likeness (QED) is 0.742. The van der Waals surface area contributed by atoms with Gasteiger partial charge in [-0.3, -0.25) is 0 Å². The second-order valence-corrected chi connectivity index (χ2v) is 6.16. The summed E-state index contributed by atoms with van der Waals surface area (Å²) in [5, 5.41) is 0. The summed E-state index contributed by atoms with van der Waals surface area (Å²) in [4.78, 5) is 0. The van der Waals surface area contributed by atoms with Gasteiger partial charge in [-0.05, 0) is 12.8 Å². The van der Waals surface area contributed by atoms with E-state index >= 15 is 0 Å². The van der Waals surface area contributed by atoms with Crippen LogP contribution in [0.1, 0.15) is 39.0 Å². The topological polar surface area (TPSA) is 75.4 Å². The van der Waals surface area contributed by atoms with E-state index in [1.807, 2.05) is 6.92 Å². The van der Waals surface area contributed by atoms with Crippen LogP contribution in [0.4, 0.5) is 0 Å². The summed E-state index contributed by atoms with van der Waals surface area (Å²) in [5.41, 5.74) is 5.47. The van der Waals surface area contributed by atoms with Gasteiger partial charge in [0.05, 0.1) is 0 Å². The van der Waals surface area contributed by atoms with Gasteiger partial charge in [-0.15, -0.1) is 0 Å². The van der Waals surface area contributed by atoms with Crippen molar-refractivity contribution in [3.05, 3.63) is 0 Å². The maximum Gasteiger partial charge on any atom is 0.279 e. The summed E-state index contributed by atoms with van der Waals surface area (Å²) in [6.45, 7) is 2.74. The van der Waals surface area contributed by atoms with Crippen molar-refractivity contribution >= 4 is 10.2 Å². The number of nitrogens with one attached hydrogen (secondary N) is 1. The third-order valence-corrected chi connectivity index (χ3v) is 5.27. The first-order valence-electron chi connectivity index (χ1n) is 5.94. The smallest absolute Gasteiger partial charge is 0.279 e. The molecule has 16 heavy (non-hydrogen) atoms. The van der Waals surface area contributed by atoms with E-state index in [-0.39, 0.29) is 5.54 Å². The summed E-state index contributed by atoms with van der Waals surface area (Å²) < 4.78 is 27.8. The van der Waals surface area contributed by atoms with E-state index in [9.17, 15) is 8.42 Å². The first-order valence-corrected chi connectivity index (χ1v) is 7.38. The van der Waals surface area contributed by atoms with Gasteiger partial charge >= 0.3 is 0 Å². The Labute approximate surface area is 98.6 Å². The molecular formula is C10H23N3O2S. The maximum atomic E-state index is 12.0. The van der Waals surface area contributed by atoms with Gasteiger partial charge < -0.3 is 5.73 Å². The Bertz CT molecular complexity index is 310. The van der Waals surface area contributed by atoms with Crippen LogP contribution in [0.2, 0.25) is 0 Å². The van der Waals surface area contributed by atoms with Crippen LogP contribution in [0.5, 0.6) is 0 Å². The van der Waals surface area contributed by atoms with Crippen LogP contribution in [0.25, 0.3) is 0 Å². The van der Waals surface area contributed by atoms with Crippen LogP contribution >= 0.6 is 0 Å². The van der Waals surface area contributed by atoms with Crippen LogP contribution in [0.3, 0.4) is 0 Å². The lowest BCUT2D eigenvalue weighted by molar-refractivity contribution is 0.140. The summed E-state index contributed by atoms with van der Waals surface area (Å²) in [5.74, 6) is 0. The second-order valence-electron chi connectivity index (χ2n) is 4.36. The van der Waals surface area contributed by atoms with Crippen LogP contribution < -0.4 is 10.5 Å². The third-order valence-electron chi connectivity index (χ3n) is 3.53. The summed E-state index contributed by atoms with van der Waals surface area (Å²) in [6, 6.07) is 0. The van der Waals surface area contributed by atoms with Crippen molar-refractivity contribution in [3.63, 3.8) is 0 Å². The highest BCUT2D eigenvalue weighted by molar-refractivity contribution is 7.87. The largest absolute Gasteiger partial charge is 0.329 e. The molecule has 6 heteroatoms. The number of likely N-dealkylation sites (N-methyl/N-ethyl adjacent to an activating group) is 1. The molecule has 0 aromatic heterocycles. The van der Waals surface area contributed by atoms with E-state index in [0.717, 1.165) is 25.7 Å². The fourth-order valence-corrected chi connectivity index (χ4v) is 3.96. The van der Waals surface area contributed by atoms with Gasteiger partial charge in [-0.1, -0.05) is 26.2 Å². The van der Waals surface area contributed by atoms with Crippen molar-refractivity contribution in [3.8, 4) is 0 Å². The standard InChI is InChI=1S/C10H23N3O2S/c1-3-13(16(14,15)12-2)10(9-11)7-5-4-6-8-10/h12H,3-9,11H2,1-2H3. The first kappa shape index (κ1) is 13.9. The molecule has 1 aliphatic carbocycles. The Morgan fingerprint density at radius 3 is 2.25 bits per heavy atom. The van der Waals surface area contributed by atoms with Gasteiger partial charge in [0.2, 0.25) is 0 Å². The maximum absolute atomic E-state index is 12.0. The minimum absolute atomic E-state index is 0.366. The van der Waals surface area contributed by atoms with Crippen molar-refractivity contribution in [1.29, 1.82) is 0 Å².